The van der Waals surface area contributed by atoms with E-state index in [1.54, 1.807) is 42.5 Å². The predicted octanol–water partition coefficient (Wildman–Crippen LogP) is 5.70. The number of aromatic carboxylic acids is 1. The zero-order valence-electron chi connectivity index (χ0n) is 20.8. The molecule has 4 rings (SSSR count). The molecule has 0 aliphatic carbocycles. The van der Waals surface area contributed by atoms with Gasteiger partial charge in [0.2, 0.25) is 6.17 Å². The summed E-state index contributed by atoms with van der Waals surface area (Å²) >= 11 is 0. The molecule has 13 nitrogen and oxygen atoms in total. The van der Waals surface area contributed by atoms with Crippen LogP contribution in [0.2, 0.25) is 0 Å². The average molecular weight is 596 g/mol. The van der Waals surface area contributed by atoms with Crippen molar-refractivity contribution in [2.45, 2.75) is 16.0 Å². The molecule has 4 aromatic carbocycles. The summed E-state index contributed by atoms with van der Waals surface area (Å²) in [6.07, 6.45) is -1.08. The number of nitrogens with one attached hydrogen (secondary N) is 1. The molecule has 1 atom stereocenters. The first kappa shape index (κ1) is 29.0. The first-order valence-corrected chi connectivity index (χ1v) is 14.5. The lowest BCUT2D eigenvalue weighted by Crippen LogP contribution is -2.13. The second-order valence-corrected chi connectivity index (χ2v) is 11.4. The molecule has 41 heavy (non-hydrogen) atoms. The number of carbonyl (C=O) groups is 1. The van der Waals surface area contributed by atoms with Gasteiger partial charge < -0.3 is 10.2 Å². The predicted molar refractivity (Wildman–Crippen MR) is 147 cm³/mol. The first-order valence-electron chi connectivity index (χ1n) is 11.6. The number of phenolic OH excluding ortho intramolecular Hbond substituents is 1. The van der Waals surface area contributed by atoms with Crippen LogP contribution in [0, 0.1) is 0 Å². The van der Waals surface area contributed by atoms with Crippen LogP contribution in [0.5, 0.6) is 5.75 Å². The molecule has 0 radical (unpaired) electrons. The van der Waals surface area contributed by atoms with E-state index in [1.165, 1.54) is 24.3 Å². The first-order chi connectivity index (χ1) is 19.4. The Morgan fingerprint density at radius 3 is 2.07 bits per heavy atom. The van der Waals surface area contributed by atoms with E-state index in [1.807, 2.05) is 0 Å². The Kier molecular flexibility index (Phi) is 8.51. The van der Waals surface area contributed by atoms with Crippen molar-refractivity contribution in [2.24, 2.45) is 20.5 Å². The molecular formula is C26H21N5O8S2. The number of aromatic hydroxyl groups is 1. The summed E-state index contributed by atoms with van der Waals surface area (Å²) in [5.74, 6) is -1.60. The molecule has 0 spiro atoms. The second kappa shape index (κ2) is 12.0. The summed E-state index contributed by atoms with van der Waals surface area (Å²) in [7, 11) is -8.87. The maximum absolute atomic E-state index is 13.0. The molecule has 15 heteroatoms. The van der Waals surface area contributed by atoms with Crippen LogP contribution in [0.1, 0.15) is 22.1 Å². The molecule has 0 saturated heterocycles. The van der Waals surface area contributed by atoms with Gasteiger partial charge in [0.05, 0.1) is 26.7 Å². The molecule has 0 fully saturated rings. The van der Waals surface area contributed by atoms with Gasteiger partial charge in [0.15, 0.2) is 0 Å². The van der Waals surface area contributed by atoms with Gasteiger partial charge in [0.1, 0.15) is 11.4 Å². The number of benzene rings is 4. The van der Waals surface area contributed by atoms with Crippen LogP contribution in [0.25, 0.3) is 0 Å². The van der Waals surface area contributed by atoms with Crippen LogP contribution in [-0.2, 0) is 20.1 Å². The Morgan fingerprint density at radius 1 is 0.732 bits per heavy atom. The van der Waals surface area contributed by atoms with Crippen LogP contribution >= 0.6 is 0 Å². The Morgan fingerprint density at radius 2 is 1.39 bits per heavy atom. The van der Waals surface area contributed by atoms with Gasteiger partial charge in [0, 0.05) is 5.56 Å². The molecule has 1 unspecified atom stereocenters. The lowest BCUT2D eigenvalue weighted by atomic mass is 10.2. The van der Waals surface area contributed by atoms with Crippen molar-refractivity contribution < 1.29 is 36.4 Å². The van der Waals surface area contributed by atoms with Crippen LogP contribution in [0.15, 0.2) is 127 Å². The number of nitrogens with zero attached hydrogens (tertiary/aromatic N) is 4. The van der Waals surface area contributed by atoms with Crippen LogP contribution in [0.3, 0.4) is 0 Å². The van der Waals surface area contributed by atoms with E-state index in [-0.39, 0.29) is 27.5 Å². The van der Waals surface area contributed by atoms with E-state index in [9.17, 15) is 36.4 Å². The topological polar surface area (TPSA) is 208 Å². The standard InChI is InChI=1S/C26H21N5O8S2/c32-24-14-13-19(40(35,36)31-18-9-6-10-20(15-18)41(37,38)39)16-23(24)28-30-25(17-7-2-1-3-8-17)29-27-22-12-5-4-11-21(22)26(33)34/h1-16,25,31-32H,(H,33,34)(H,37,38,39). The minimum absolute atomic E-state index is 0.0785. The molecule has 210 valence electrons. The van der Waals surface area contributed by atoms with Gasteiger partial charge in [-0.05, 0) is 48.5 Å². The summed E-state index contributed by atoms with van der Waals surface area (Å²) in [4.78, 5) is 10.7. The molecule has 0 heterocycles. The number of hydrogen-bond acceptors (Lipinski definition) is 10. The van der Waals surface area contributed by atoms with E-state index >= 15 is 0 Å². The zero-order chi connectivity index (χ0) is 29.6. The Bertz CT molecular complexity index is 1860. The Balaban J connectivity index is 1.66. The summed E-state index contributed by atoms with van der Waals surface area (Å²) < 4.78 is 60.2. The number of azo groups is 2. The fourth-order valence-electron chi connectivity index (χ4n) is 3.44. The quantitative estimate of drug-likeness (QED) is 0.132. The van der Waals surface area contributed by atoms with Gasteiger partial charge in [-0.2, -0.15) is 23.8 Å². The van der Waals surface area contributed by atoms with Crippen molar-refractivity contribution in [1.82, 2.24) is 0 Å². The third-order valence-corrected chi connectivity index (χ3v) is 7.65. The molecular weight excluding hydrogens is 574 g/mol. The van der Waals surface area contributed by atoms with Gasteiger partial charge in [-0.15, -0.1) is 5.11 Å². The Labute approximate surface area is 234 Å². The van der Waals surface area contributed by atoms with Gasteiger partial charge in [-0.25, -0.2) is 13.2 Å². The summed E-state index contributed by atoms with van der Waals surface area (Å²) in [6, 6.07) is 22.3. The molecule has 0 aromatic heterocycles. The summed E-state index contributed by atoms with van der Waals surface area (Å²) in [5.41, 5.74) is 0.155. The number of rotatable bonds is 10. The third kappa shape index (κ3) is 7.36. The lowest BCUT2D eigenvalue weighted by molar-refractivity contribution is 0.0697. The Hall–Kier alpha value is -4.99. The number of anilines is 1. The maximum Gasteiger partial charge on any atom is 0.337 e. The number of sulfonamides is 1. The van der Waals surface area contributed by atoms with E-state index in [0.29, 0.717) is 5.56 Å². The highest BCUT2D eigenvalue weighted by Gasteiger charge is 2.19. The lowest BCUT2D eigenvalue weighted by Gasteiger charge is -2.10. The highest BCUT2D eigenvalue weighted by atomic mass is 32.2. The highest BCUT2D eigenvalue weighted by molar-refractivity contribution is 7.92. The minimum Gasteiger partial charge on any atom is -0.506 e. The number of carboxylic acid groups (broad SMARTS) is 1. The smallest absolute Gasteiger partial charge is 0.337 e. The molecule has 0 aliphatic rings. The second-order valence-electron chi connectivity index (χ2n) is 8.30. The van der Waals surface area contributed by atoms with Crippen molar-refractivity contribution in [1.29, 1.82) is 0 Å². The van der Waals surface area contributed by atoms with E-state index < -0.39 is 42.9 Å². The third-order valence-electron chi connectivity index (χ3n) is 5.42. The summed E-state index contributed by atoms with van der Waals surface area (Å²) in [6.45, 7) is 0. The minimum atomic E-state index is -4.57. The largest absolute Gasteiger partial charge is 0.506 e. The summed E-state index contributed by atoms with van der Waals surface area (Å²) in [5, 5.41) is 36.0. The van der Waals surface area contributed by atoms with E-state index in [4.69, 9.17) is 0 Å². The monoisotopic (exact) mass is 595 g/mol. The average Bonchev–Trinajstić information content (AvgIpc) is 2.94. The molecule has 0 bridgehead atoms. The van der Waals surface area contributed by atoms with Gasteiger partial charge in [0.25, 0.3) is 20.1 Å². The van der Waals surface area contributed by atoms with Crippen LogP contribution in [-0.4, -0.2) is 37.6 Å². The number of phenols is 1. The maximum atomic E-state index is 13.0. The van der Waals surface area contributed by atoms with Crippen LogP contribution < -0.4 is 4.72 Å². The van der Waals surface area contributed by atoms with Crippen molar-refractivity contribution in [3.05, 3.63) is 108 Å². The van der Waals surface area contributed by atoms with E-state index in [2.05, 4.69) is 25.2 Å². The number of hydrogen-bond donors (Lipinski definition) is 4. The van der Waals surface area contributed by atoms with Crippen molar-refractivity contribution in [3.8, 4) is 5.75 Å². The number of carboxylic acids is 1. The van der Waals surface area contributed by atoms with Gasteiger partial charge >= 0.3 is 5.97 Å². The molecule has 0 aliphatic heterocycles. The molecule has 4 aromatic rings. The van der Waals surface area contributed by atoms with Crippen molar-refractivity contribution in [3.63, 3.8) is 0 Å². The van der Waals surface area contributed by atoms with Crippen molar-refractivity contribution >= 4 is 43.2 Å². The van der Waals surface area contributed by atoms with E-state index in [0.717, 1.165) is 30.3 Å². The molecule has 4 N–H and O–H groups in total. The van der Waals surface area contributed by atoms with Gasteiger partial charge in [-0.1, -0.05) is 48.5 Å². The van der Waals surface area contributed by atoms with Crippen LogP contribution in [0.4, 0.5) is 17.1 Å². The SMILES string of the molecule is O=C(O)c1ccccc1N=NC(N=Nc1cc(S(=O)(=O)Nc2cccc(S(=O)(=O)O)c2)ccc1O)c1ccccc1. The zero-order valence-corrected chi connectivity index (χ0v) is 22.4. The molecule has 0 saturated carbocycles. The normalized spacial score (nSPS) is 12.9. The fourth-order valence-corrected chi connectivity index (χ4v) is 5.04. The highest BCUT2D eigenvalue weighted by Crippen LogP contribution is 2.33. The molecule has 0 amide bonds. The van der Waals surface area contributed by atoms with Crippen molar-refractivity contribution in [2.75, 3.05) is 4.72 Å². The fraction of sp³-hybridized carbons (Fsp3) is 0.0385. The van der Waals surface area contributed by atoms with Gasteiger partial charge in [-0.3, -0.25) is 9.27 Å².